The highest BCUT2D eigenvalue weighted by molar-refractivity contribution is 6.05. The molecule has 0 saturated heterocycles. The third-order valence-electron chi connectivity index (χ3n) is 4.40. The van der Waals surface area contributed by atoms with Crippen LogP contribution in [-0.4, -0.2) is 36.9 Å². The number of rotatable bonds is 6. The number of hydrogen-bond donors (Lipinski definition) is 1. The van der Waals surface area contributed by atoms with Gasteiger partial charge in [0.15, 0.2) is 17.6 Å². The van der Waals surface area contributed by atoms with Crippen molar-refractivity contribution in [1.29, 1.82) is 0 Å². The molecule has 0 fully saturated rings. The standard InChI is InChI=1S/C19H21NO7/c1-5-26-16(23)7-6-12-10(2)13-8-15(20(4)11(3)22)17(24)14(9-21)18(13)27-19(12)25/h8-9,24H,5-7H2,1-4H3. The number of hydrogen-bond acceptors (Lipinski definition) is 7. The van der Waals surface area contributed by atoms with Gasteiger partial charge in [0.1, 0.15) is 5.56 Å². The van der Waals surface area contributed by atoms with E-state index >= 15 is 0 Å². The van der Waals surface area contributed by atoms with E-state index in [1.807, 2.05) is 0 Å². The molecule has 0 saturated carbocycles. The van der Waals surface area contributed by atoms with Crippen molar-refractivity contribution in [1.82, 2.24) is 0 Å². The number of esters is 1. The maximum absolute atomic E-state index is 12.4. The van der Waals surface area contributed by atoms with Crippen molar-refractivity contribution in [3.05, 3.63) is 33.2 Å². The fraction of sp³-hybridized carbons (Fsp3) is 0.368. The summed E-state index contributed by atoms with van der Waals surface area (Å²) in [4.78, 5) is 48.3. The van der Waals surface area contributed by atoms with E-state index in [0.29, 0.717) is 17.2 Å². The maximum atomic E-state index is 12.4. The molecule has 0 spiro atoms. The van der Waals surface area contributed by atoms with Crippen LogP contribution in [0.25, 0.3) is 11.0 Å². The molecule has 1 amide bonds. The van der Waals surface area contributed by atoms with Crippen molar-refractivity contribution in [2.75, 3.05) is 18.6 Å². The number of aromatic hydroxyl groups is 1. The molecule has 8 nitrogen and oxygen atoms in total. The average molecular weight is 375 g/mol. The van der Waals surface area contributed by atoms with Crippen LogP contribution in [0.1, 0.15) is 41.8 Å². The second-order valence-electron chi connectivity index (χ2n) is 6.03. The third-order valence-corrected chi connectivity index (χ3v) is 4.40. The molecule has 0 aliphatic carbocycles. The van der Waals surface area contributed by atoms with E-state index in [4.69, 9.17) is 9.15 Å². The van der Waals surface area contributed by atoms with Gasteiger partial charge in [-0.15, -0.1) is 0 Å². The number of fused-ring (bicyclic) bond motifs is 1. The first kappa shape index (κ1) is 20.2. The number of aryl methyl sites for hydroxylation is 1. The largest absolute Gasteiger partial charge is 0.505 e. The molecule has 1 N–H and O–H groups in total. The molecular weight excluding hydrogens is 354 g/mol. The number of phenolic OH excluding ortho intramolecular Hbond substituents is 1. The number of anilines is 1. The molecule has 1 aromatic heterocycles. The summed E-state index contributed by atoms with van der Waals surface area (Å²) in [6, 6.07) is 1.48. The zero-order chi connectivity index (χ0) is 20.3. The molecule has 2 aromatic rings. The van der Waals surface area contributed by atoms with E-state index in [-0.39, 0.29) is 47.8 Å². The topological polar surface area (TPSA) is 114 Å². The van der Waals surface area contributed by atoms with E-state index in [9.17, 15) is 24.3 Å². The van der Waals surface area contributed by atoms with Gasteiger partial charge in [0, 0.05) is 31.3 Å². The minimum absolute atomic E-state index is 0.00374. The quantitative estimate of drug-likeness (QED) is 0.467. The lowest BCUT2D eigenvalue weighted by atomic mass is 9.99. The molecular formula is C19H21NO7. The summed E-state index contributed by atoms with van der Waals surface area (Å²) >= 11 is 0. The Bertz CT molecular complexity index is 974. The molecule has 0 radical (unpaired) electrons. The third kappa shape index (κ3) is 3.84. The predicted molar refractivity (Wildman–Crippen MR) is 98.3 cm³/mol. The summed E-state index contributed by atoms with van der Waals surface area (Å²) in [5.41, 5.74) is -0.0791. The van der Waals surface area contributed by atoms with Crippen LogP contribution in [0.5, 0.6) is 5.75 Å². The normalized spacial score (nSPS) is 10.7. The van der Waals surface area contributed by atoms with Crippen molar-refractivity contribution in [3.8, 4) is 5.75 Å². The van der Waals surface area contributed by atoms with Gasteiger partial charge in [-0.1, -0.05) is 0 Å². The van der Waals surface area contributed by atoms with Crippen molar-refractivity contribution >= 4 is 34.8 Å². The van der Waals surface area contributed by atoms with Crippen molar-refractivity contribution in [2.45, 2.75) is 33.6 Å². The number of aldehydes is 1. The van der Waals surface area contributed by atoms with Gasteiger partial charge in [0.25, 0.3) is 0 Å². The second-order valence-corrected chi connectivity index (χ2v) is 6.03. The van der Waals surface area contributed by atoms with E-state index in [1.165, 1.54) is 24.9 Å². The number of nitrogens with zero attached hydrogens (tertiary/aromatic N) is 1. The van der Waals surface area contributed by atoms with Gasteiger partial charge in [0.2, 0.25) is 5.91 Å². The molecule has 0 unspecified atom stereocenters. The fourth-order valence-corrected chi connectivity index (χ4v) is 2.80. The molecule has 8 heteroatoms. The first-order valence-corrected chi connectivity index (χ1v) is 8.40. The number of carbonyl (C=O) groups is 3. The Morgan fingerprint density at radius 2 is 2.04 bits per heavy atom. The highest BCUT2D eigenvalue weighted by Gasteiger charge is 2.22. The highest BCUT2D eigenvalue weighted by atomic mass is 16.5. The number of phenols is 1. The Labute approximate surface area is 155 Å². The van der Waals surface area contributed by atoms with Crippen LogP contribution in [0, 0.1) is 6.92 Å². The molecule has 0 atom stereocenters. The lowest BCUT2D eigenvalue weighted by Gasteiger charge is -2.19. The molecule has 144 valence electrons. The van der Waals surface area contributed by atoms with Gasteiger partial charge in [-0.05, 0) is 31.9 Å². The average Bonchev–Trinajstić information content (AvgIpc) is 2.61. The first-order chi connectivity index (χ1) is 12.7. The Balaban J connectivity index is 2.68. The second kappa shape index (κ2) is 8.03. The number of benzene rings is 1. The van der Waals surface area contributed by atoms with E-state index < -0.39 is 17.3 Å². The van der Waals surface area contributed by atoms with Crippen LogP contribution < -0.4 is 10.5 Å². The molecule has 1 aromatic carbocycles. The van der Waals surface area contributed by atoms with E-state index in [1.54, 1.807) is 13.8 Å². The number of carbonyl (C=O) groups excluding carboxylic acids is 3. The van der Waals surface area contributed by atoms with Crippen LogP contribution in [0.15, 0.2) is 15.3 Å². The van der Waals surface area contributed by atoms with E-state index in [2.05, 4.69) is 0 Å². The maximum Gasteiger partial charge on any atom is 0.339 e. The summed E-state index contributed by atoms with van der Waals surface area (Å²) in [5.74, 6) is -1.23. The molecule has 0 aliphatic heterocycles. The molecule has 27 heavy (non-hydrogen) atoms. The Morgan fingerprint density at radius 3 is 2.59 bits per heavy atom. The van der Waals surface area contributed by atoms with Crippen LogP contribution in [0.2, 0.25) is 0 Å². The number of amides is 1. The first-order valence-electron chi connectivity index (χ1n) is 8.40. The molecule has 0 bridgehead atoms. The predicted octanol–water partition coefficient (Wildman–Crippen LogP) is 2.10. The minimum Gasteiger partial charge on any atom is -0.505 e. The highest BCUT2D eigenvalue weighted by Crippen LogP contribution is 2.37. The van der Waals surface area contributed by atoms with Crippen molar-refractivity contribution < 1.29 is 28.6 Å². The molecule has 0 aliphatic rings. The van der Waals surface area contributed by atoms with Gasteiger partial charge in [-0.2, -0.15) is 0 Å². The van der Waals surface area contributed by atoms with Gasteiger partial charge in [-0.25, -0.2) is 4.79 Å². The number of ether oxygens (including phenoxy) is 1. The van der Waals surface area contributed by atoms with Crippen molar-refractivity contribution in [3.63, 3.8) is 0 Å². The Kier molecular flexibility index (Phi) is 5.99. The minimum atomic E-state index is -0.695. The molecule has 1 heterocycles. The summed E-state index contributed by atoms with van der Waals surface area (Å²) < 4.78 is 10.1. The fourth-order valence-electron chi connectivity index (χ4n) is 2.80. The van der Waals surface area contributed by atoms with E-state index in [0.717, 1.165) is 0 Å². The van der Waals surface area contributed by atoms with Gasteiger partial charge < -0.3 is 19.2 Å². The van der Waals surface area contributed by atoms with Gasteiger partial charge in [-0.3, -0.25) is 14.4 Å². The zero-order valence-electron chi connectivity index (χ0n) is 15.6. The van der Waals surface area contributed by atoms with Crippen LogP contribution in [0.4, 0.5) is 5.69 Å². The van der Waals surface area contributed by atoms with Crippen LogP contribution in [-0.2, 0) is 20.7 Å². The summed E-state index contributed by atoms with van der Waals surface area (Å²) in [6.07, 6.45) is 0.484. The zero-order valence-corrected chi connectivity index (χ0v) is 15.6. The summed E-state index contributed by atoms with van der Waals surface area (Å²) in [7, 11) is 1.45. The molecule has 2 rings (SSSR count). The smallest absolute Gasteiger partial charge is 0.339 e. The van der Waals surface area contributed by atoms with Gasteiger partial charge >= 0.3 is 11.6 Å². The van der Waals surface area contributed by atoms with Crippen molar-refractivity contribution in [2.24, 2.45) is 0 Å². The lowest BCUT2D eigenvalue weighted by molar-refractivity contribution is -0.143. The lowest BCUT2D eigenvalue weighted by Crippen LogP contribution is -2.23. The summed E-state index contributed by atoms with van der Waals surface area (Å²) in [6.45, 7) is 4.90. The van der Waals surface area contributed by atoms with Gasteiger partial charge in [0.05, 0.1) is 12.3 Å². The SMILES string of the molecule is CCOC(=O)CCc1c(C)c2cc(N(C)C(C)=O)c(O)c(C=O)c2oc1=O. The Hall–Kier alpha value is -3.16. The van der Waals surface area contributed by atoms with Crippen LogP contribution >= 0.6 is 0 Å². The monoisotopic (exact) mass is 375 g/mol. The van der Waals surface area contributed by atoms with Crippen LogP contribution in [0.3, 0.4) is 0 Å². The Morgan fingerprint density at radius 1 is 1.37 bits per heavy atom. The summed E-state index contributed by atoms with van der Waals surface area (Å²) in [5, 5.41) is 10.7.